The van der Waals surface area contributed by atoms with Crippen LogP contribution in [0.25, 0.3) is 21.8 Å². The molecule has 0 saturated heterocycles. The van der Waals surface area contributed by atoms with Gasteiger partial charge in [-0.05, 0) is 38.1 Å². The fourth-order valence-electron chi connectivity index (χ4n) is 2.67. The van der Waals surface area contributed by atoms with Crippen LogP contribution in [0.2, 0.25) is 0 Å². The van der Waals surface area contributed by atoms with E-state index in [1.165, 1.54) is 0 Å². The second kappa shape index (κ2) is 14.2. The molecule has 0 aliphatic carbocycles. The monoisotopic (exact) mass is 518 g/mol. The van der Waals surface area contributed by atoms with E-state index >= 15 is 0 Å². The van der Waals surface area contributed by atoms with Crippen molar-refractivity contribution in [2.24, 2.45) is 0 Å². The van der Waals surface area contributed by atoms with Crippen molar-refractivity contribution in [2.75, 3.05) is 0 Å². The molecule has 34 heavy (non-hydrogen) atoms. The van der Waals surface area contributed by atoms with Crippen LogP contribution >= 0.6 is 0 Å². The minimum atomic E-state index is -1.75. The third-order valence-electron chi connectivity index (χ3n) is 3.94. The fourth-order valence-corrected chi connectivity index (χ4v) is 2.67. The van der Waals surface area contributed by atoms with Crippen molar-refractivity contribution in [3.63, 3.8) is 0 Å². The molecule has 12 nitrogen and oxygen atoms in total. The van der Waals surface area contributed by atoms with Crippen LogP contribution in [0.4, 0.5) is 0 Å². The van der Waals surface area contributed by atoms with Crippen molar-refractivity contribution < 1.29 is 52.9 Å². The van der Waals surface area contributed by atoms with Crippen molar-refractivity contribution in [3.8, 4) is 11.5 Å². The van der Waals surface area contributed by atoms with Gasteiger partial charge in [-0.1, -0.05) is 30.3 Å². The zero-order valence-electron chi connectivity index (χ0n) is 17.8. The average Bonchev–Trinajstić information content (AvgIpc) is 2.67. The van der Waals surface area contributed by atoms with Crippen molar-refractivity contribution in [1.82, 2.24) is 9.97 Å². The summed E-state index contributed by atoms with van der Waals surface area (Å²) in [6.07, 6.45) is 0. The largest absolute Gasteiger partial charge is 2.00 e. The fraction of sp³-hybridized carbons (Fsp3) is 0.0952. The van der Waals surface area contributed by atoms with Gasteiger partial charge >= 0.3 is 22.7 Å². The molecule has 0 saturated carbocycles. The van der Waals surface area contributed by atoms with Gasteiger partial charge in [-0.25, -0.2) is 4.79 Å². The number of hydrogen-bond donors (Lipinski definition) is 2. The van der Waals surface area contributed by atoms with Gasteiger partial charge in [0.2, 0.25) is 0 Å². The first-order valence-electron chi connectivity index (χ1n) is 8.76. The molecule has 4 rings (SSSR count). The second-order valence-corrected chi connectivity index (χ2v) is 6.36. The quantitative estimate of drug-likeness (QED) is 0.211. The summed E-state index contributed by atoms with van der Waals surface area (Å²) in [5.41, 5.74) is 3.86. The average molecular weight is 518 g/mol. The SMILES string of the molecule is Cc1ccc2ccc3ccc(C)nc3c2n1.O.O.O=C(O)c1cc([O-])cc(O)c1.O=[N+]([O-])[O-].[Co+2]. The molecule has 0 spiro atoms. The molecule has 2 aromatic heterocycles. The van der Waals surface area contributed by atoms with Gasteiger partial charge in [0, 0.05) is 22.2 Å². The first kappa shape index (κ1) is 32.1. The van der Waals surface area contributed by atoms with Gasteiger partial charge in [-0.15, -0.1) is 5.75 Å². The van der Waals surface area contributed by atoms with Crippen molar-refractivity contribution in [2.45, 2.75) is 13.8 Å². The minimum absolute atomic E-state index is 0. The molecule has 0 amide bonds. The number of fused-ring (bicyclic) bond motifs is 3. The maximum absolute atomic E-state index is 10.6. The number of rotatable bonds is 1. The van der Waals surface area contributed by atoms with E-state index in [1.807, 2.05) is 26.0 Å². The Labute approximate surface area is 203 Å². The number of nitrogens with zero attached hydrogens (tertiary/aromatic N) is 3. The number of aromatic nitrogens is 2. The normalized spacial score (nSPS) is 9.00. The van der Waals surface area contributed by atoms with E-state index < -0.39 is 16.8 Å². The van der Waals surface area contributed by atoms with E-state index in [2.05, 4.69) is 34.2 Å². The molecule has 0 aliphatic rings. The number of aryl methyl sites for hydroxylation is 2. The van der Waals surface area contributed by atoms with Gasteiger partial charge in [0.05, 0.1) is 21.7 Å². The molecule has 13 heteroatoms. The third kappa shape index (κ3) is 9.21. The third-order valence-corrected chi connectivity index (χ3v) is 3.94. The Morgan fingerprint density at radius 2 is 1.24 bits per heavy atom. The number of aromatic hydroxyl groups is 1. The molecule has 0 unspecified atom stereocenters. The number of carbonyl (C=O) groups is 1. The van der Waals surface area contributed by atoms with Gasteiger partial charge in [0.25, 0.3) is 0 Å². The van der Waals surface area contributed by atoms with E-state index in [0.717, 1.165) is 51.4 Å². The Bertz CT molecular complexity index is 1180. The van der Waals surface area contributed by atoms with Gasteiger partial charge in [-0.2, -0.15) is 0 Å². The van der Waals surface area contributed by atoms with E-state index in [9.17, 15) is 9.90 Å². The van der Waals surface area contributed by atoms with Crippen LogP contribution in [-0.2, 0) is 16.8 Å². The molecule has 0 bridgehead atoms. The van der Waals surface area contributed by atoms with Crippen LogP contribution < -0.4 is 5.11 Å². The first-order chi connectivity index (χ1) is 14.6. The minimum Gasteiger partial charge on any atom is -0.872 e. The Morgan fingerprint density at radius 1 is 0.853 bits per heavy atom. The Balaban J connectivity index is 0. The topological polar surface area (TPSA) is 236 Å². The Hall–Kier alpha value is -4.04. The van der Waals surface area contributed by atoms with Crippen molar-refractivity contribution >= 4 is 27.8 Å². The summed E-state index contributed by atoms with van der Waals surface area (Å²) in [5.74, 6) is -2.06. The molecule has 0 aliphatic heterocycles. The van der Waals surface area contributed by atoms with Crippen LogP contribution in [-0.4, -0.2) is 42.2 Å². The first-order valence-corrected chi connectivity index (χ1v) is 8.76. The molecule has 2 heterocycles. The maximum Gasteiger partial charge on any atom is 2.00 e. The number of pyridine rings is 2. The number of hydrogen-bond acceptors (Lipinski definition) is 8. The van der Waals surface area contributed by atoms with E-state index in [0.29, 0.717) is 0 Å². The summed E-state index contributed by atoms with van der Waals surface area (Å²) >= 11 is 0. The van der Waals surface area contributed by atoms with Crippen molar-refractivity contribution in [3.05, 3.63) is 86.9 Å². The standard InChI is InChI=1S/C14H12N2.C7H6O4.Co.NO3.2H2O/c1-9-3-5-11-7-8-12-6-4-10(2)16-14(12)13(11)15-9;8-5-1-4(7(10)11)2-6(9)3-5;;2-1(3)4;;/h3-8H,1-2H3;1-3,8-9H,(H,10,11);;;2*1H2/q;;+2;-1;;/p-1. The number of phenols is 1. The van der Waals surface area contributed by atoms with Gasteiger partial charge in [0.15, 0.2) is 0 Å². The summed E-state index contributed by atoms with van der Waals surface area (Å²) in [6.45, 7) is 4.02. The molecule has 4 aromatic rings. The van der Waals surface area contributed by atoms with Crippen LogP contribution in [0.3, 0.4) is 0 Å². The Morgan fingerprint density at radius 3 is 1.59 bits per heavy atom. The van der Waals surface area contributed by atoms with E-state index in [-0.39, 0.29) is 39.0 Å². The second-order valence-electron chi connectivity index (χ2n) is 6.36. The van der Waals surface area contributed by atoms with Crippen molar-refractivity contribution in [1.29, 1.82) is 0 Å². The van der Waals surface area contributed by atoms with E-state index in [4.69, 9.17) is 25.5 Å². The predicted molar refractivity (Wildman–Crippen MR) is 119 cm³/mol. The number of carboxylic acids is 1. The van der Waals surface area contributed by atoms with Crippen LogP contribution in [0.5, 0.6) is 11.5 Å². The number of aromatic carboxylic acids is 1. The zero-order valence-corrected chi connectivity index (χ0v) is 18.8. The van der Waals surface area contributed by atoms with E-state index in [1.54, 1.807) is 0 Å². The van der Waals surface area contributed by atoms with Gasteiger partial charge in [0.1, 0.15) is 5.75 Å². The molecule has 183 valence electrons. The maximum atomic E-state index is 10.6. The van der Waals surface area contributed by atoms with Crippen LogP contribution in [0, 0.1) is 29.2 Å². The van der Waals surface area contributed by atoms with Crippen LogP contribution in [0.15, 0.2) is 54.6 Å². The number of carboxylic acid groups (broad SMARTS) is 1. The number of benzene rings is 2. The molecular formula is C21H21CoN3O9. The van der Waals surface area contributed by atoms with Gasteiger partial charge < -0.3 is 41.6 Å². The predicted octanol–water partition coefficient (Wildman–Crippen LogP) is 1.67. The van der Waals surface area contributed by atoms with Gasteiger partial charge in [-0.3, -0.25) is 9.97 Å². The molecular weight excluding hydrogens is 497 g/mol. The summed E-state index contributed by atoms with van der Waals surface area (Å²) in [6, 6.07) is 15.4. The summed E-state index contributed by atoms with van der Waals surface area (Å²) in [7, 11) is 0. The molecule has 0 fully saturated rings. The van der Waals surface area contributed by atoms with Crippen LogP contribution in [0.1, 0.15) is 21.7 Å². The summed E-state index contributed by atoms with van der Waals surface area (Å²) in [4.78, 5) is 27.7. The molecule has 6 N–H and O–H groups in total. The Kier molecular flexibility index (Phi) is 13.4. The zero-order chi connectivity index (χ0) is 23.1. The number of phenolic OH excluding ortho intramolecular Hbond substituents is 1. The summed E-state index contributed by atoms with van der Waals surface area (Å²) < 4.78 is 0. The smallest absolute Gasteiger partial charge is 0.872 e. The molecule has 0 atom stereocenters. The summed E-state index contributed by atoms with van der Waals surface area (Å²) in [5, 5.41) is 44.8. The molecule has 2 aromatic carbocycles. The molecule has 1 radical (unpaired) electrons.